The van der Waals surface area contributed by atoms with Gasteiger partial charge in [-0.05, 0) is 13.8 Å². The van der Waals surface area contributed by atoms with E-state index in [9.17, 15) is 13.2 Å². The number of hydrogen-bond acceptors (Lipinski definition) is 6. The fourth-order valence-electron chi connectivity index (χ4n) is 1.66. The van der Waals surface area contributed by atoms with Crippen LogP contribution < -0.4 is 10.3 Å². The molecule has 0 bridgehead atoms. The van der Waals surface area contributed by atoms with Crippen LogP contribution >= 0.6 is 0 Å². The first-order valence-corrected chi connectivity index (χ1v) is 7.54. The number of carbonyl (C=O) groups is 1. The second kappa shape index (κ2) is 5.97. The van der Waals surface area contributed by atoms with Crippen LogP contribution in [0.15, 0.2) is 29.7 Å². The number of aryl methyl sites for hydroxylation is 1. The van der Waals surface area contributed by atoms with Gasteiger partial charge in [0, 0.05) is 18.9 Å². The lowest BCUT2D eigenvalue weighted by Gasteiger charge is -2.07. The van der Waals surface area contributed by atoms with Crippen molar-refractivity contribution in [1.29, 1.82) is 0 Å². The molecule has 0 fully saturated rings. The van der Waals surface area contributed by atoms with Gasteiger partial charge >= 0.3 is 0 Å². The van der Waals surface area contributed by atoms with Gasteiger partial charge in [-0.25, -0.2) is 13.4 Å². The lowest BCUT2D eigenvalue weighted by Crippen LogP contribution is -2.42. The maximum atomic E-state index is 12.1. The monoisotopic (exact) mass is 310 g/mol. The summed E-state index contributed by atoms with van der Waals surface area (Å²) in [5, 5.41) is 3.95. The topological polar surface area (TPSA) is 119 Å². The highest BCUT2D eigenvalue weighted by atomic mass is 32.2. The molecule has 0 aromatic carbocycles. The summed E-state index contributed by atoms with van der Waals surface area (Å²) in [6.45, 7) is 4.03. The molecule has 0 unspecified atom stereocenters. The number of rotatable bonds is 5. The molecule has 10 heteroatoms. The summed E-state index contributed by atoms with van der Waals surface area (Å²) >= 11 is 0. The number of hydrogen-bond donors (Lipinski definition) is 2. The maximum Gasteiger partial charge on any atom is 0.286 e. The van der Waals surface area contributed by atoms with Crippen LogP contribution in [0.25, 0.3) is 0 Å². The average Bonchev–Trinajstić information content (AvgIpc) is 2.87. The Morgan fingerprint density at radius 3 is 2.67 bits per heavy atom. The van der Waals surface area contributed by atoms with E-state index in [1.165, 1.54) is 24.8 Å². The minimum Gasteiger partial charge on any atom is -0.272 e. The highest BCUT2D eigenvalue weighted by molar-refractivity contribution is 7.89. The van der Waals surface area contributed by atoms with E-state index >= 15 is 0 Å². The van der Waals surface area contributed by atoms with Crippen LogP contribution in [0.2, 0.25) is 0 Å². The van der Waals surface area contributed by atoms with Crippen molar-refractivity contribution >= 4 is 15.9 Å². The van der Waals surface area contributed by atoms with Crippen molar-refractivity contribution in [2.75, 3.05) is 0 Å². The zero-order valence-corrected chi connectivity index (χ0v) is 12.3. The predicted octanol–water partition coefficient (Wildman–Crippen LogP) is -0.375. The van der Waals surface area contributed by atoms with Gasteiger partial charge in [0.25, 0.3) is 15.9 Å². The van der Waals surface area contributed by atoms with Crippen LogP contribution in [0.5, 0.6) is 0 Å². The molecular formula is C11H14N6O3S. The molecule has 21 heavy (non-hydrogen) atoms. The number of sulfonamides is 1. The van der Waals surface area contributed by atoms with Gasteiger partial charge in [-0.3, -0.25) is 19.9 Å². The normalized spacial score (nSPS) is 11.3. The van der Waals surface area contributed by atoms with Crippen molar-refractivity contribution in [3.05, 3.63) is 36.2 Å². The van der Waals surface area contributed by atoms with E-state index in [1.54, 1.807) is 11.6 Å². The van der Waals surface area contributed by atoms with Gasteiger partial charge < -0.3 is 0 Å². The van der Waals surface area contributed by atoms with E-state index in [-0.39, 0.29) is 10.6 Å². The molecule has 2 N–H and O–H groups in total. The summed E-state index contributed by atoms with van der Waals surface area (Å²) in [5.41, 5.74) is 2.56. The fraction of sp³-hybridized carbons (Fsp3) is 0.273. The largest absolute Gasteiger partial charge is 0.286 e. The molecule has 0 spiro atoms. The average molecular weight is 310 g/mol. The molecule has 0 saturated carbocycles. The van der Waals surface area contributed by atoms with Crippen LogP contribution in [0.1, 0.15) is 23.1 Å². The van der Waals surface area contributed by atoms with E-state index in [0.29, 0.717) is 12.2 Å². The van der Waals surface area contributed by atoms with Crippen LogP contribution in [-0.2, 0) is 16.6 Å². The summed E-state index contributed by atoms with van der Waals surface area (Å²) in [6.07, 6.45) is 5.20. The quantitative estimate of drug-likeness (QED) is 0.727. The minimum atomic E-state index is -3.90. The van der Waals surface area contributed by atoms with E-state index in [0.717, 1.165) is 0 Å². The van der Waals surface area contributed by atoms with Gasteiger partial charge in [0.2, 0.25) is 0 Å². The third kappa shape index (κ3) is 3.23. The van der Waals surface area contributed by atoms with Gasteiger partial charge in [0.05, 0.1) is 18.1 Å². The molecule has 1 amide bonds. The molecule has 0 saturated heterocycles. The number of amides is 1. The zero-order chi connectivity index (χ0) is 15.5. The van der Waals surface area contributed by atoms with Crippen LogP contribution in [0.3, 0.4) is 0 Å². The predicted molar refractivity (Wildman–Crippen MR) is 72.5 cm³/mol. The van der Waals surface area contributed by atoms with E-state index in [2.05, 4.69) is 20.5 Å². The van der Waals surface area contributed by atoms with Gasteiger partial charge in [-0.2, -0.15) is 5.10 Å². The summed E-state index contributed by atoms with van der Waals surface area (Å²) in [5.74, 6) is -0.702. The SMILES string of the molecule is CCn1ncc(S(=O)(=O)NNC(=O)c2cnccn2)c1C. The summed E-state index contributed by atoms with van der Waals surface area (Å²) < 4.78 is 25.7. The van der Waals surface area contributed by atoms with Gasteiger partial charge in [0.1, 0.15) is 10.6 Å². The number of carbonyl (C=O) groups excluding carboxylic acids is 1. The van der Waals surface area contributed by atoms with E-state index < -0.39 is 15.9 Å². The molecule has 112 valence electrons. The summed E-state index contributed by atoms with van der Waals surface area (Å²) in [6, 6.07) is 0. The van der Waals surface area contributed by atoms with Crippen molar-refractivity contribution in [1.82, 2.24) is 30.0 Å². The Kier molecular flexibility index (Phi) is 4.29. The highest BCUT2D eigenvalue weighted by Gasteiger charge is 2.21. The lowest BCUT2D eigenvalue weighted by atomic mass is 10.4. The summed E-state index contributed by atoms with van der Waals surface area (Å²) in [7, 11) is -3.90. The molecule has 2 aromatic rings. The lowest BCUT2D eigenvalue weighted by molar-refractivity contribution is 0.0939. The van der Waals surface area contributed by atoms with Crippen LogP contribution in [0.4, 0.5) is 0 Å². The Balaban J connectivity index is 2.11. The van der Waals surface area contributed by atoms with Crippen molar-refractivity contribution in [2.24, 2.45) is 0 Å². The second-order valence-corrected chi connectivity index (χ2v) is 5.71. The first kappa shape index (κ1) is 15.1. The number of nitrogens with zero attached hydrogens (tertiary/aromatic N) is 4. The summed E-state index contributed by atoms with van der Waals surface area (Å²) in [4.78, 5) is 21.2. The van der Waals surface area contributed by atoms with Crippen molar-refractivity contribution in [3.8, 4) is 0 Å². The first-order chi connectivity index (χ1) is 9.95. The molecule has 9 nitrogen and oxygen atoms in total. The molecule has 0 aliphatic rings. The van der Waals surface area contributed by atoms with Crippen molar-refractivity contribution in [2.45, 2.75) is 25.3 Å². The minimum absolute atomic E-state index is 0.00109. The number of hydrazine groups is 1. The maximum absolute atomic E-state index is 12.1. The smallest absolute Gasteiger partial charge is 0.272 e. The van der Waals surface area contributed by atoms with E-state index in [4.69, 9.17) is 0 Å². The Morgan fingerprint density at radius 1 is 1.33 bits per heavy atom. The van der Waals surface area contributed by atoms with E-state index in [1.807, 2.05) is 11.8 Å². The first-order valence-electron chi connectivity index (χ1n) is 6.06. The fourth-order valence-corrected chi connectivity index (χ4v) is 2.68. The Labute approximate surface area is 121 Å². The van der Waals surface area contributed by atoms with Crippen molar-refractivity contribution in [3.63, 3.8) is 0 Å². The molecule has 2 heterocycles. The Hall–Kier alpha value is -2.33. The molecule has 0 radical (unpaired) electrons. The van der Waals surface area contributed by atoms with Crippen molar-refractivity contribution < 1.29 is 13.2 Å². The molecule has 2 rings (SSSR count). The molecule has 0 aliphatic heterocycles. The Bertz CT molecular complexity index is 741. The van der Waals surface area contributed by atoms with Crippen LogP contribution in [0, 0.1) is 6.92 Å². The highest BCUT2D eigenvalue weighted by Crippen LogP contribution is 2.13. The zero-order valence-electron chi connectivity index (χ0n) is 11.4. The van der Waals surface area contributed by atoms with Crippen LogP contribution in [-0.4, -0.2) is 34.1 Å². The molecular weight excluding hydrogens is 296 g/mol. The van der Waals surface area contributed by atoms with Gasteiger partial charge in [-0.15, -0.1) is 4.83 Å². The molecule has 0 aliphatic carbocycles. The molecule has 2 aromatic heterocycles. The number of nitrogens with one attached hydrogen (secondary N) is 2. The third-order valence-electron chi connectivity index (χ3n) is 2.74. The number of aromatic nitrogens is 4. The Morgan fingerprint density at radius 2 is 2.10 bits per heavy atom. The molecule has 0 atom stereocenters. The standard InChI is InChI=1S/C11H14N6O3S/c1-3-17-8(2)10(7-14-17)21(19,20)16-15-11(18)9-6-12-4-5-13-9/h4-7,16H,3H2,1-2H3,(H,15,18). The second-order valence-electron chi connectivity index (χ2n) is 4.06. The van der Waals surface area contributed by atoms with Gasteiger partial charge in [0.15, 0.2) is 0 Å². The third-order valence-corrected chi connectivity index (χ3v) is 4.09. The van der Waals surface area contributed by atoms with Gasteiger partial charge in [-0.1, -0.05) is 0 Å².